The van der Waals surface area contributed by atoms with E-state index in [9.17, 15) is 9.59 Å². The molecule has 3 rings (SSSR count). The summed E-state index contributed by atoms with van der Waals surface area (Å²) in [5.74, 6) is -0.434. The normalized spacial score (nSPS) is 27.7. The van der Waals surface area contributed by atoms with E-state index in [0.29, 0.717) is 0 Å². The van der Waals surface area contributed by atoms with Crippen molar-refractivity contribution in [2.24, 2.45) is 0 Å². The number of hydrogen-bond acceptors (Lipinski definition) is 3. The molecule has 1 fully saturated rings. The summed E-state index contributed by atoms with van der Waals surface area (Å²) in [6.45, 7) is 0.161. The number of hydrogen-bond donors (Lipinski definition) is 1. The lowest BCUT2D eigenvalue weighted by atomic mass is 9.81. The monoisotopic (exact) mass is 203 g/mol. The number of amides is 1. The lowest BCUT2D eigenvalue weighted by molar-refractivity contribution is -0.137. The summed E-state index contributed by atoms with van der Waals surface area (Å²) in [6, 6.07) is 7.43. The first-order chi connectivity index (χ1) is 7.22. The van der Waals surface area contributed by atoms with Crippen LogP contribution in [0.5, 0.6) is 0 Å². The van der Waals surface area contributed by atoms with Gasteiger partial charge in [0.1, 0.15) is 12.0 Å². The van der Waals surface area contributed by atoms with Gasteiger partial charge in [-0.3, -0.25) is 9.59 Å². The molecule has 0 aromatic heterocycles. The molecule has 1 aromatic rings. The van der Waals surface area contributed by atoms with Crippen LogP contribution in [0.25, 0.3) is 0 Å². The zero-order valence-electron chi connectivity index (χ0n) is 7.95. The molecule has 1 atom stereocenters. The van der Waals surface area contributed by atoms with Gasteiger partial charge in [-0.05, 0) is 11.6 Å². The maximum absolute atomic E-state index is 11.9. The molecule has 76 valence electrons. The predicted molar refractivity (Wildman–Crippen MR) is 52.3 cm³/mol. The van der Waals surface area contributed by atoms with Gasteiger partial charge in [0, 0.05) is 5.69 Å². The molecule has 2 aliphatic rings. The maximum Gasteiger partial charge on any atom is 0.307 e. The van der Waals surface area contributed by atoms with E-state index in [0.717, 1.165) is 11.3 Å². The molecular weight excluding hydrogens is 194 g/mol. The molecule has 15 heavy (non-hydrogen) atoms. The molecule has 1 N–H and O–H groups in total. The fraction of sp³-hybridized carbons (Fsp3) is 0.273. The fourth-order valence-electron chi connectivity index (χ4n) is 2.24. The summed E-state index contributed by atoms with van der Waals surface area (Å²) in [7, 11) is 0. The number of rotatable bonds is 0. The van der Waals surface area contributed by atoms with Gasteiger partial charge in [-0.1, -0.05) is 18.2 Å². The molecule has 2 heterocycles. The van der Waals surface area contributed by atoms with Gasteiger partial charge < -0.3 is 10.1 Å². The highest BCUT2D eigenvalue weighted by Crippen LogP contribution is 2.43. The molecule has 1 amide bonds. The number of anilines is 1. The Kier molecular flexibility index (Phi) is 1.46. The Morgan fingerprint density at radius 1 is 1.27 bits per heavy atom. The first-order valence-corrected chi connectivity index (χ1v) is 4.79. The van der Waals surface area contributed by atoms with E-state index in [-0.39, 0.29) is 24.9 Å². The Hall–Kier alpha value is -1.84. The van der Waals surface area contributed by atoms with Gasteiger partial charge in [-0.2, -0.15) is 0 Å². The van der Waals surface area contributed by atoms with Crippen molar-refractivity contribution in [2.75, 3.05) is 11.9 Å². The van der Waals surface area contributed by atoms with Crippen LogP contribution >= 0.6 is 0 Å². The van der Waals surface area contributed by atoms with E-state index in [1.807, 2.05) is 24.3 Å². The van der Waals surface area contributed by atoms with E-state index in [4.69, 9.17) is 4.74 Å². The highest BCUT2D eigenvalue weighted by atomic mass is 16.5. The molecule has 1 aromatic carbocycles. The first kappa shape index (κ1) is 8.47. The topological polar surface area (TPSA) is 55.4 Å². The van der Waals surface area contributed by atoms with Crippen molar-refractivity contribution < 1.29 is 14.3 Å². The Bertz CT molecular complexity index is 469. The molecule has 2 aliphatic heterocycles. The number of benzene rings is 1. The molecule has 4 nitrogen and oxygen atoms in total. The molecule has 4 heteroatoms. The van der Waals surface area contributed by atoms with E-state index >= 15 is 0 Å². The summed E-state index contributed by atoms with van der Waals surface area (Å²) in [4.78, 5) is 23.0. The lowest BCUT2D eigenvalue weighted by Gasteiger charge is -2.16. The van der Waals surface area contributed by atoms with Gasteiger partial charge in [0.25, 0.3) is 0 Å². The Morgan fingerprint density at radius 3 is 2.80 bits per heavy atom. The zero-order chi connectivity index (χ0) is 10.5. The van der Waals surface area contributed by atoms with Gasteiger partial charge in [-0.15, -0.1) is 0 Å². The quantitative estimate of drug-likeness (QED) is 0.635. The number of para-hydroxylation sites is 1. The van der Waals surface area contributed by atoms with Gasteiger partial charge in [0.2, 0.25) is 5.91 Å². The lowest BCUT2D eigenvalue weighted by Crippen LogP contribution is -2.34. The zero-order valence-corrected chi connectivity index (χ0v) is 7.95. The van der Waals surface area contributed by atoms with Crippen LogP contribution in [0.15, 0.2) is 24.3 Å². The molecule has 0 saturated carbocycles. The second-order valence-corrected chi connectivity index (χ2v) is 3.92. The van der Waals surface area contributed by atoms with Crippen molar-refractivity contribution in [2.45, 2.75) is 11.8 Å². The highest BCUT2D eigenvalue weighted by molar-refractivity contribution is 6.09. The molecule has 0 radical (unpaired) electrons. The van der Waals surface area contributed by atoms with Crippen LogP contribution < -0.4 is 5.32 Å². The van der Waals surface area contributed by atoms with E-state index < -0.39 is 5.41 Å². The van der Waals surface area contributed by atoms with E-state index in [1.165, 1.54) is 0 Å². The molecule has 1 saturated heterocycles. The smallest absolute Gasteiger partial charge is 0.307 e. The van der Waals surface area contributed by atoms with Crippen molar-refractivity contribution in [1.82, 2.24) is 0 Å². The van der Waals surface area contributed by atoms with Crippen LogP contribution in [0.3, 0.4) is 0 Å². The fourth-order valence-corrected chi connectivity index (χ4v) is 2.24. The summed E-state index contributed by atoms with van der Waals surface area (Å²) in [5.41, 5.74) is 0.898. The SMILES string of the molecule is O=C1C[C@@]2(CO1)C(=O)Nc1ccccc12. The van der Waals surface area contributed by atoms with Crippen LogP contribution in [0.4, 0.5) is 5.69 Å². The van der Waals surface area contributed by atoms with E-state index in [2.05, 4.69) is 5.32 Å². The van der Waals surface area contributed by atoms with Crippen molar-refractivity contribution in [3.8, 4) is 0 Å². The molecule has 0 aliphatic carbocycles. The minimum absolute atomic E-state index is 0.130. The van der Waals surface area contributed by atoms with Crippen LogP contribution in [-0.4, -0.2) is 18.5 Å². The number of carbonyl (C=O) groups excluding carboxylic acids is 2. The molecule has 0 unspecified atom stereocenters. The van der Waals surface area contributed by atoms with Gasteiger partial charge in [0.05, 0.1) is 6.42 Å². The number of esters is 1. The number of carbonyl (C=O) groups is 2. The predicted octanol–water partition coefficient (Wildman–Crippen LogP) is 0.823. The largest absolute Gasteiger partial charge is 0.464 e. The number of ether oxygens (including phenoxy) is 1. The summed E-state index contributed by atoms with van der Waals surface area (Å²) < 4.78 is 4.92. The van der Waals surface area contributed by atoms with Crippen LogP contribution in [-0.2, 0) is 19.7 Å². The first-order valence-electron chi connectivity index (χ1n) is 4.79. The average molecular weight is 203 g/mol. The Balaban J connectivity index is 2.17. The Labute approximate surface area is 86.2 Å². The number of nitrogens with one attached hydrogen (secondary N) is 1. The van der Waals surface area contributed by atoms with Crippen molar-refractivity contribution >= 4 is 17.6 Å². The third-order valence-corrected chi connectivity index (χ3v) is 3.05. The second kappa shape index (κ2) is 2.59. The Morgan fingerprint density at radius 2 is 2.07 bits per heavy atom. The third kappa shape index (κ3) is 0.960. The van der Waals surface area contributed by atoms with Crippen LogP contribution in [0.2, 0.25) is 0 Å². The van der Waals surface area contributed by atoms with Gasteiger partial charge in [-0.25, -0.2) is 0 Å². The van der Waals surface area contributed by atoms with Crippen LogP contribution in [0.1, 0.15) is 12.0 Å². The number of cyclic esters (lactones) is 1. The third-order valence-electron chi connectivity index (χ3n) is 3.05. The minimum atomic E-state index is -0.770. The van der Waals surface area contributed by atoms with Gasteiger partial charge >= 0.3 is 5.97 Å². The standard InChI is InChI=1S/C11H9NO3/c13-9-5-11(6-15-9)7-3-1-2-4-8(7)12-10(11)14/h1-4H,5-6H2,(H,12,14)/t11-/m0/s1. The molecule has 0 bridgehead atoms. The van der Waals surface area contributed by atoms with Gasteiger partial charge in [0.15, 0.2) is 0 Å². The number of fused-ring (bicyclic) bond motifs is 2. The minimum Gasteiger partial charge on any atom is -0.464 e. The highest BCUT2D eigenvalue weighted by Gasteiger charge is 2.53. The summed E-state index contributed by atoms with van der Waals surface area (Å²) >= 11 is 0. The maximum atomic E-state index is 11.9. The second-order valence-electron chi connectivity index (χ2n) is 3.92. The molecule has 1 spiro atoms. The summed E-state index contributed by atoms with van der Waals surface area (Å²) in [6.07, 6.45) is 0.149. The average Bonchev–Trinajstić information content (AvgIpc) is 2.73. The molecular formula is C11H9NO3. The van der Waals surface area contributed by atoms with Crippen LogP contribution in [0, 0.1) is 0 Å². The van der Waals surface area contributed by atoms with Crippen molar-refractivity contribution in [1.29, 1.82) is 0 Å². The summed E-state index contributed by atoms with van der Waals surface area (Å²) in [5, 5.41) is 2.78. The van der Waals surface area contributed by atoms with Crippen molar-refractivity contribution in [3.05, 3.63) is 29.8 Å². The van der Waals surface area contributed by atoms with E-state index in [1.54, 1.807) is 0 Å². The van der Waals surface area contributed by atoms with Crippen molar-refractivity contribution in [3.63, 3.8) is 0 Å².